The number of aromatic nitrogens is 5. The van der Waals surface area contributed by atoms with Crippen LogP contribution in [0.2, 0.25) is 0 Å². The first-order valence-electron chi connectivity index (χ1n) is 9.03. The second-order valence-electron chi connectivity index (χ2n) is 6.62. The monoisotopic (exact) mass is 366 g/mol. The molecule has 28 heavy (non-hydrogen) atoms. The van der Waals surface area contributed by atoms with Crippen LogP contribution < -0.4 is 5.73 Å². The summed E-state index contributed by atoms with van der Waals surface area (Å²) in [6, 6.07) is 18.7. The number of fused-ring (bicyclic) bond motifs is 1. The Kier molecular flexibility index (Phi) is 3.87. The van der Waals surface area contributed by atoms with E-state index in [1.165, 1.54) is 0 Å². The fourth-order valence-corrected chi connectivity index (χ4v) is 3.54. The fraction of sp³-hybridized carbons (Fsp3) is 0.0455. The molecule has 5 aromatic rings. The molecule has 0 bridgehead atoms. The first-order valence-corrected chi connectivity index (χ1v) is 9.03. The van der Waals surface area contributed by atoms with Crippen LogP contribution >= 0.6 is 0 Å². The maximum atomic E-state index is 6.30. The van der Waals surface area contributed by atoms with Gasteiger partial charge in [-0.15, -0.1) is 0 Å². The molecule has 136 valence electrons. The molecule has 0 radical (unpaired) electrons. The first kappa shape index (κ1) is 16.3. The quantitative estimate of drug-likeness (QED) is 0.501. The number of nitrogens with two attached hydrogens (primary N) is 1. The Morgan fingerprint density at radius 1 is 0.893 bits per heavy atom. The Hall–Kier alpha value is -3.93. The van der Waals surface area contributed by atoms with Crippen molar-refractivity contribution in [1.82, 2.24) is 24.7 Å². The summed E-state index contributed by atoms with van der Waals surface area (Å²) >= 11 is 0. The van der Waals surface area contributed by atoms with E-state index in [4.69, 9.17) is 5.73 Å². The molecule has 0 aliphatic rings. The molecular formula is C22H18N6. The Labute approximate surface area is 161 Å². The highest BCUT2D eigenvalue weighted by Crippen LogP contribution is 2.33. The highest BCUT2D eigenvalue weighted by molar-refractivity contribution is 6.02. The number of hydrogen-bond donors (Lipinski definition) is 2. The third-order valence-electron chi connectivity index (χ3n) is 4.88. The predicted octanol–water partition coefficient (Wildman–Crippen LogP) is 4.12. The van der Waals surface area contributed by atoms with Crippen molar-refractivity contribution < 1.29 is 0 Å². The zero-order valence-electron chi connectivity index (χ0n) is 15.1. The molecule has 3 heterocycles. The van der Waals surface area contributed by atoms with Gasteiger partial charge in [0, 0.05) is 18.6 Å². The van der Waals surface area contributed by atoms with Crippen molar-refractivity contribution >= 4 is 16.7 Å². The molecule has 0 aliphatic heterocycles. The number of anilines is 1. The lowest BCUT2D eigenvalue weighted by Crippen LogP contribution is -2.02. The largest absolute Gasteiger partial charge is 0.382 e. The lowest BCUT2D eigenvalue weighted by molar-refractivity contribution is 0.703. The van der Waals surface area contributed by atoms with Crippen molar-refractivity contribution in [1.29, 1.82) is 0 Å². The number of pyridine rings is 1. The molecule has 0 unspecified atom stereocenters. The average Bonchev–Trinajstić information content (AvgIpc) is 3.37. The van der Waals surface area contributed by atoms with Crippen molar-refractivity contribution in [2.75, 3.05) is 5.73 Å². The maximum Gasteiger partial charge on any atom is 0.154 e. The van der Waals surface area contributed by atoms with Gasteiger partial charge in [-0.25, -0.2) is 4.98 Å². The smallest absolute Gasteiger partial charge is 0.154 e. The van der Waals surface area contributed by atoms with Gasteiger partial charge in [0.25, 0.3) is 0 Å². The Bertz CT molecular complexity index is 1220. The third kappa shape index (κ3) is 2.81. The van der Waals surface area contributed by atoms with Crippen LogP contribution in [0.25, 0.3) is 33.2 Å². The van der Waals surface area contributed by atoms with Crippen molar-refractivity contribution in [3.8, 4) is 22.3 Å². The van der Waals surface area contributed by atoms with Crippen LogP contribution in [-0.4, -0.2) is 24.7 Å². The van der Waals surface area contributed by atoms with Gasteiger partial charge in [0.1, 0.15) is 0 Å². The van der Waals surface area contributed by atoms with E-state index in [2.05, 4.69) is 50.4 Å². The van der Waals surface area contributed by atoms with Crippen molar-refractivity contribution in [2.24, 2.45) is 0 Å². The summed E-state index contributed by atoms with van der Waals surface area (Å²) in [5.41, 5.74) is 12.7. The number of rotatable bonds is 4. The van der Waals surface area contributed by atoms with Gasteiger partial charge in [-0.1, -0.05) is 36.4 Å². The molecule has 0 spiro atoms. The summed E-state index contributed by atoms with van der Waals surface area (Å²) in [5, 5.41) is 5.52. The van der Waals surface area contributed by atoms with Crippen LogP contribution in [0.5, 0.6) is 0 Å². The van der Waals surface area contributed by atoms with Crippen LogP contribution in [-0.2, 0) is 6.54 Å². The predicted molar refractivity (Wildman–Crippen MR) is 111 cm³/mol. The third-order valence-corrected chi connectivity index (χ3v) is 4.88. The zero-order chi connectivity index (χ0) is 18.9. The molecule has 0 saturated heterocycles. The van der Waals surface area contributed by atoms with E-state index in [1.54, 1.807) is 18.7 Å². The summed E-state index contributed by atoms with van der Waals surface area (Å²) in [5.74, 6) is 0.527. The van der Waals surface area contributed by atoms with Gasteiger partial charge in [0.2, 0.25) is 0 Å². The van der Waals surface area contributed by atoms with E-state index in [-0.39, 0.29) is 0 Å². The molecule has 0 amide bonds. The lowest BCUT2D eigenvalue weighted by atomic mass is 9.98. The van der Waals surface area contributed by atoms with Crippen molar-refractivity contribution in [3.63, 3.8) is 0 Å². The summed E-state index contributed by atoms with van der Waals surface area (Å²) < 4.78 is 1.90. The number of benzene rings is 2. The normalized spacial score (nSPS) is 11.1. The number of nitrogens with zero attached hydrogens (tertiary/aromatic N) is 4. The Morgan fingerprint density at radius 3 is 2.39 bits per heavy atom. The minimum atomic E-state index is 0.527. The first-order chi connectivity index (χ1) is 13.8. The van der Waals surface area contributed by atoms with E-state index in [1.807, 2.05) is 35.1 Å². The number of imidazole rings is 1. The second kappa shape index (κ2) is 6.66. The number of H-pyrrole nitrogens is 1. The van der Waals surface area contributed by atoms with Gasteiger partial charge >= 0.3 is 0 Å². The molecule has 0 atom stereocenters. The van der Waals surface area contributed by atoms with Crippen LogP contribution in [0.1, 0.15) is 5.69 Å². The van der Waals surface area contributed by atoms with Crippen molar-refractivity contribution in [2.45, 2.75) is 6.54 Å². The number of hydrogen-bond acceptors (Lipinski definition) is 4. The van der Waals surface area contributed by atoms with Crippen LogP contribution in [0.15, 0.2) is 79.5 Å². The molecule has 0 aliphatic carbocycles. The van der Waals surface area contributed by atoms with Gasteiger partial charge in [-0.05, 0) is 40.5 Å². The number of aromatic amines is 1. The highest BCUT2D eigenvalue weighted by atomic mass is 15.3. The highest BCUT2D eigenvalue weighted by Gasteiger charge is 2.14. The fourth-order valence-electron chi connectivity index (χ4n) is 3.54. The average molecular weight is 366 g/mol. The minimum absolute atomic E-state index is 0.527. The molecule has 2 aromatic carbocycles. The molecule has 0 fully saturated rings. The molecule has 5 rings (SSSR count). The van der Waals surface area contributed by atoms with Crippen LogP contribution in [0.4, 0.5) is 5.82 Å². The number of nitrogens with one attached hydrogen (secondary N) is 1. The summed E-state index contributed by atoms with van der Waals surface area (Å²) in [7, 11) is 0. The Morgan fingerprint density at radius 2 is 1.64 bits per heavy atom. The van der Waals surface area contributed by atoms with Gasteiger partial charge < -0.3 is 10.7 Å². The summed E-state index contributed by atoms with van der Waals surface area (Å²) in [4.78, 5) is 11.3. The van der Waals surface area contributed by atoms with E-state index in [0.717, 1.165) is 38.9 Å². The molecule has 3 N–H and O–H groups in total. The van der Waals surface area contributed by atoms with E-state index < -0.39 is 0 Å². The van der Waals surface area contributed by atoms with E-state index in [9.17, 15) is 0 Å². The Balaban J connectivity index is 1.57. The zero-order valence-corrected chi connectivity index (χ0v) is 15.1. The molecule has 0 saturated carbocycles. The van der Waals surface area contributed by atoms with Gasteiger partial charge in [0.05, 0.1) is 29.5 Å². The van der Waals surface area contributed by atoms with E-state index in [0.29, 0.717) is 12.4 Å². The van der Waals surface area contributed by atoms with Crippen LogP contribution in [0.3, 0.4) is 0 Å². The molecule has 6 nitrogen and oxygen atoms in total. The van der Waals surface area contributed by atoms with Gasteiger partial charge in [-0.3, -0.25) is 9.67 Å². The van der Waals surface area contributed by atoms with E-state index >= 15 is 0 Å². The van der Waals surface area contributed by atoms with Gasteiger partial charge in [-0.2, -0.15) is 5.10 Å². The second-order valence-corrected chi connectivity index (χ2v) is 6.62. The maximum absolute atomic E-state index is 6.30. The van der Waals surface area contributed by atoms with Crippen LogP contribution in [0, 0.1) is 0 Å². The molecule has 3 aromatic heterocycles. The summed E-state index contributed by atoms with van der Waals surface area (Å²) in [6.45, 7) is 0.571. The standard InChI is InChI=1S/C22H18N6/c23-22-21-19(17-6-4-15(5-7-17)16-8-10-24-11-9-16)2-1-3-20(21)28(27-22)13-18-12-25-14-26-18/h1-12,14H,13H2,(H2,23,27)(H,25,26). The molecule has 6 heteroatoms. The SMILES string of the molecule is Nc1nn(Cc2c[nH]cn2)c2cccc(-c3ccc(-c4ccncc4)cc3)c12. The summed E-state index contributed by atoms with van der Waals surface area (Å²) in [6.07, 6.45) is 7.14. The topological polar surface area (TPSA) is 85.4 Å². The van der Waals surface area contributed by atoms with Crippen molar-refractivity contribution in [3.05, 3.63) is 85.2 Å². The minimum Gasteiger partial charge on any atom is -0.382 e. The lowest BCUT2D eigenvalue weighted by Gasteiger charge is -2.07. The molecular weight excluding hydrogens is 348 g/mol. The number of nitrogen functional groups attached to an aromatic ring is 1. The van der Waals surface area contributed by atoms with Gasteiger partial charge in [0.15, 0.2) is 5.82 Å².